The third kappa shape index (κ3) is 3.51. The normalized spacial score (nSPS) is 17.1. The number of nitrogens with one attached hydrogen (secondary N) is 1. The molecule has 0 spiro atoms. The maximum Gasteiger partial charge on any atom is 0.276 e. The van der Waals surface area contributed by atoms with Crippen LogP contribution < -0.4 is 19.7 Å². The van der Waals surface area contributed by atoms with E-state index in [0.29, 0.717) is 47.2 Å². The highest BCUT2D eigenvalue weighted by atomic mass is 16.6. The minimum Gasteiger partial charge on any atom is -0.486 e. The molecule has 0 bridgehead atoms. The van der Waals surface area contributed by atoms with Crippen LogP contribution in [0.1, 0.15) is 15.9 Å². The molecule has 2 aliphatic rings. The van der Waals surface area contributed by atoms with E-state index in [9.17, 15) is 14.9 Å². The molecule has 0 saturated carbocycles. The fourth-order valence-corrected chi connectivity index (χ4v) is 3.86. The van der Waals surface area contributed by atoms with Crippen LogP contribution in [0.2, 0.25) is 0 Å². The maximum absolute atomic E-state index is 13.5. The Labute approximate surface area is 183 Å². The van der Waals surface area contributed by atoms with Gasteiger partial charge in [-0.25, -0.2) is 0 Å². The average Bonchev–Trinajstić information content (AvgIpc) is 2.82. The number of carbonyl (C=O) groups excluding carboxylic acids is 1. The van der Waals surface area contributed by atoms with Gasteiger partial charge in [-0.2, -0.15) is 0 Å². The van der Waals surface area contributed by atoms with E-state index in [2.05, 4.69) is 5.32 Å². The summed E-state index contributed by atoms with van der Waals surface area (Å²) >= 11 is 0. The number of hydrogen-bond donors (Lipinski definition) is 1. The quantitative estimate of drug-likeness (QED) is 0.486. The third-order valence-electron chi connectivity index (χ3n) is 5.35. The summed E-state index contributed by atoms with van der Waals surface area (Å²) < 4.78 is 11.3. The van der Waals surface area contributed by atoms with Gasteiger partial charge in [0.2, 0.25) is 0 Å². The Balaban J connectivity index is 1.56. The van der Waals surface area contributed by atoms with E-state index >= 15 is 0 Å². The van der Waals surface area contributed by atoms with Crippen LogP contribution in [0.5, 0.6) is 11.5 Å². The van der Waals surface area contributed by atoms with Crippen molar-refractivity contribution in [2.45, 2.75) is 6.17 Å². The largest absolute Gasteiger partial charge is 0.486 e. The number of para-hydroxylation sites is 2. The first-order valence-corrected chi connectivity index (χ1v) is 10.1. The van der Waals surface area contributed by atoms with Crippen molar-refractivity contribution in [2.75, 3.05) is 23.4 Å². The smallest absolute Gasteiger partial charge is 0.276 e. The summed E-state index contributed by atoms with van der Waals surface area (Å²) in [5.41, 5.74) is 2.31. The van der Waals surface area contributed by atoms with Crippen LogP contribution in [-0.4, -0.2) is 30.2 Å². The Hall–Kier alpha value is -4.33. The fraction of sp³-hybridized carbons (Fsp3) is 0.125. The topological polar surface area (TPSA) is 93.9 Å². The van der Waals surface area contributed by atoms with E-state index < -0.39 is 11.1 Å². The molecule has 0 radical (unpaired) electrons. The van der Waals surface area contributed by atoms with Gasteiger partial charge in [-0.3, -0.25) is 19.8 Å². The van der Waals surface area contributed by atoms with Crippen molar-refractivity contribution in [3.63, 3.8) is 0 Å². The molecule has 2 aliphatic heterocycles. The maximum atomic E-state index is 13.5. The van der Waals surface area contributed by atoms with Gasteiger partial charge in [0.25, 0.3) is 11.6 Å². The second-order valence-electron chi connectivity index (χ2n) is 7.31. The molecule has 0 aliphatic carbocycles. The zero-order valence-electron chi connectivity index (χ0n) is 16.9. The molecular weight excluding hydrogens is 410 g/mol. The van der Waals surface area contributed by atoms with E-state index in [4.69, 9.17) is 9.47 Å². The number of anilines is 2. The molecule has 3 aromatic rings. The second-order valence-corrected chi connectivity index (χ2v) is 7.31. The summed E-state index contributed by atoms with van der Waals surface area (Å²) in [7, 11) is 0. The van der Waals surface area contributed by atoms with E-state index in [1.165, 1.54) is 6.07 Å². The molecule has 2 heterocycles. The Bertz CT molecular complexity index is 1240. The number of carbonyl (C=O) groups is 1. The predicted octanol–water partition coefficient (Wildman–Crippen LogP) is 4.48. The van der Waals surface area contributed by atoms with Crippen LogP contribution in [0, 0.1) is 10.1 Å². The molecule has 160 valence electrons. The molecule has 8 nitrogen and oxygen atoms in total. The predicted molar refractivity (Wildman–Crippen MR) is 120 cm³/mol. The molecule has 1 N–H and O–H groups in total. The van der Waals surface area contributed by atoms with Gasteiger partial charge in [-0.1, -0.05) is 24.3 Å². The molecule has 1 unspecified atom stereocenters. The zero-order chi connectivity index (χ0) is 22.1. The van der Waals surface area contributed by atoms with E-state index in [0.717, 1.165) is 0 Å². The fourth-order valence-electron chi connectivity index (χ4n) is 3.86. The highest BCUT2D eigenvalue weighted by molar-refractivity contribution is 6.12. The van der Waals surface area contributed by atoms with Crippen LogP contribution in [-0.2, 0) is 0 Å². The lowest BCUT2D eigenvalue weighted by Crippen LogP contribution is -2.48. The first-order chi connectivity index (χ1) is 15.6. The standard InChI is InChI=1S/C24H19N3O5/c28-24-18-6-2-3-7-19(18)25-23(12-9-16-5-1-4-8-20(16)27(29)30)26(24)17-10-11-21-22(15-17)32-14-13-31-21/h1-12,15,23,25H,13-14H2. The van der Waals surface area contributed by atoms with Crippen molar-refractivity contribution in [1.29, 1.82) is 0 Å². The van der Waals surface area contributed by atoms with Crippen LogP contribution in [0.3, 0.4) is 0 Å². The summed E-state index contributed by atoms with van der Waals surface area (Å²) in [5, 5.41) is 14.7. The molecule has 8 heteroatoms. The summed E-state index contributed by atoms with van der Waals surface area (Å²) in [6.07, 6.45) is 2.83. The van der Waals surface area contributed by atoms with E-state index in [-0.39, 0.29) is 11.6 Å². The number of benzene rings is 3. The average molecular weight is 429 g/mol. The lowest BCUT2D eigenvalue weighted by Gasteiger charge is -2.36. The summed E-state index contributed by atoms with van der Waals surface area (Å²) in [5.74, 6) is 1.01. The van der Waals surface area contributed by atoms with Crippen molar-refractivity contribution >= 4 is 29.0 Å². The molecule has 0 saturated heterocycles. The Kier molecular flexibility index (Phi) is 4.95. The summed E-state index contributed by atoms with van der Waals surface area (Å²) in [4.78, 5) is 26.0. The number of hydrogen-bond acceptors (Lipinski definition) is 6. The summed E-state index contributed by atoms with van der Waals surface area (Å²) in [6, 6.07) is 19.1. The van der Waals surface area contributed by atoms with Crippen LogP contribution in [0.15, 0.2) is 72.8 Å². The van der Waals surface area contributed by atoms with Gasteiger partial charge in [0.1, 0.15) is 19.4 Å². The summed E-state index contributed by atoms with van der Waals surface area (Å²) in [6.45, 7) is 0.914. The van der Waals surface area contributed by atoms with Gasteiger partial charge in [0.15, 0.2) is 11.5 Å². The van der Waals surface area contributed by atoms with Gasteiger partial charge in [-0.15, -0.1) is 0 Å². The van der Waals surface area contributed by atoms with Crippen LogP contribution in [0.25, 0.3) is 6.08 Å². The lowest BCUT2D eigenvalue weighted by atomic mass is 10.0. The number of nitro groups is 1. The highest BCUT2D eigenvalue weighted by Crippen LogP contribution is 2.37. The Morgan fingerprint density at radius 3 is 2.59 bits per heavy atom. The molecule has 0 fully saturated rings. The molecule has 3 aromatic carbocycles. The van der Waals surface area contributed by atoms with Crippen molar-refractivity contribution in [3.8, 4) is 11.5 Å². The van der Waals surface area contributed by atoms with Crippen molar-refractivity contribution in [3.05, 3.63) is 94.0 Å². The van der Waals surface area contributed by atoms with Gasteiger partial charge in [-0.05, 0) is 42.5 Å². The van der Waals surface area contributed by atoms with Crippen molar-refractivity contribution < 1.29 is 19.2 Å². The minimum absolute atomic E-state index is 0.00262. The van der Waals surface area contributed by atoms with Gasteiger partial charge < -0.3 is 14.8 Å². The monoisotopic (exact) mass is 429 g/mol. The van der Waals surface area contributed by atoms with E-state index in [1.807, 2.05) is 18.2 Å². The molecular formula is C24H19N3O5. The number of nitrogens with zero attached hydrogens (tertiary/aromatic N) is 2. The van der Waals surface area contributed by atoms with Crippen LogP contribution >= 0.6 is 0 Å². The molecule has 1 atom stereocenters. The number of ether oxygens (including phenoxy) is 2. The SMILES string of the molecule is O=C1c2ccccc2NC(C=Cc2ccccc2[N+](=O)[O-])N1c1ccc2c(c1)OCCO2. The number of nitro benzene ring substituents is 1. The molecule has 32 heavy (non-hydrogen) atoms. The van der Waals surface area contributed by atoms with Gasteiger partial charge in [0.05, 0.1) is 21.7 Å². The first-order valence-electron chi connectivity index (χ1n) is 10.1. The molecule has 0 aromatic heterocycles. The van der Waals surface area contributed by atoms with Crippen LogP contribution in [0.4, 0.5) is 17.1 Å². The highest BCUT2D eigenvalue weighted by Gasteiger charge is 2.32. The zero-order valence-corrected chi connectivity index (χ0v) is 16.9. The molecule has 5 rings (SSSR count). The Morgan fingerprint density at radius 1 is 1.00 bits per heavy atom. The minimum atomic E-state index is -0.570. The Morgan fingerprint density at radius 2 is 1.75 bits per heavy atom. The lowest BCUT2D eigenvalue weighted by molar-refractivity contribution is -0.385. The van der Waals surface area contributed by atoms with Gasteiger partial charge in [0, 0.05) is 17.8 Å². The van der Waals surface area contributed by atoms with Gasteiger partial charge >= 0.3 is 0 Å². The second kappa shape index (κ2) is 8.07. The molecule has 1 amide bonds. The third-order valence-corrected chi connectivity index (χ3v) is 5.35. The number of fused-ring (bicyclic) bond motifs is 2. The first kappa shape index (κ1) is 19.6. The van der Waals surface area contributed by atoms with Crippen molar-refractivity contribution in [2.24, 2.45) is 0 Å². The van der Waals surface area contributed by atoms with E-state index in [1.54, 1.807) is 59.5 Å². The number of amides is 1. The number of rotatable bonds is 4. The van der Waals surface area contributed by atoms with Crippen molar-refractivity contribution in [1.82, 2.24) is 0 Å².